The van der Waals surface area contributed by atoms with Gasteiger partial charge in [-0.15, -0.1) is 0 Å². The first-order valence-corrected chi connectivity index (χ1v) is 4.97. The van der Waals surface area contributed by atoms with Crippen molar-refractivity contribution in [3.63, 3.8) is 0 Å². The predicted molar refractivity (Wildman–Crippen MR) is 55.2 cm³/mol. The van der Waals surface area contributed by atoms with Crippen molar-refractivity contribution in [3.8, 4) is 0 Å². The lowest BCUT2D eigenvalue weighted by molar-refractivity contribution is -0.125. The minimum Gasteiger partial charge on any atom is -0.394 e. The van der Waals surface area contributed by atoms with Crippen LogP contribution in [0, 0.1) is 5.92 Å². The van der Waals surface area contributed by atoms with Crippen LogP contribution in [0.3, 0.4) is 0 Å². The van der Waals surface area contributed by atoms with Crippen molar-refractivity contribution < 1.29 is 18.6 Å². The van der Waals surface area contributed by atoms with Crippen molar-refractivity contribution >= 4 is 0 Å². The van der Waals surface area contributed by atoms with E-state index in [0.29, 0.717) is 0 Å². The van der Waals surface area contributed by atoms with E-state index in [0.717, 1.165) is 0 Å². The zero-order chi connectivity index (χ0) is 12.2. The molecule has 0 bridgehead atoms. The number of aliphatic hydroxyl groups is 1. The summed E-state index contributed by atoms with van der Waals surface area (Å²) >= 11 is 0. The van der Waals surface area contributed by atoms with Crippen LogP contribution in [0.25, 0.3) is 0 Å². The molecule has 90 valence electrons. The normalized spacial score (nSPS) is 15.8. The summed E-state index contributed by atoms with van der Waals surface area (Å²) in [6.45, 7) is 0.888. The van der Waals surface area contributed by atoms with Crippen molar-refractivity contribution in [1.82, 2.24) is 4.98 Å². The van der Waals surface area contributed by atoms with Gasteiger partial charge in [0.25, 0.3) is 5.92 Å². The molecule has 1 N–H and O–H groups in total. The van der Waals surface area contributed by atoms with E-state index >= 15 is 0 Å². The topological polar surface area (TPSA) is 42.4 Å². The monoisotopic (exact) mass is 231 g/mol. The number of aliphatic hydroxyl groups excluding tert-OH is 1. The lowest BCUT2D eigenvalue weighted by Crippen LogP contribution is -2.37. The zero-order valence-corrected chi connectivity index (χ0v) is 9.23. The number of rotatable bonds is 5. The van der Waals surface area contributed by atoms with E-state index in [1.54, 1.807) is 6.07 Å². The molecule has 0 saturated carbocycles. The predicted octanol–water partition coefficient (Wildman–Crippen LogP) is 1.82. The fourth-order valence-corrected chi connectivity index (χ4v) is 1.46. The first-order chi connectivity index (χ1) is 7.54. The lowest BCUT2D eigenvalue weighted by Gasteiger charge is -2.28. The molecule has 0 saturated heterocycles. The van der Waals surface area contributed by atoms with Crippen LogP contribution in [0.5, 0.6) is 0 Å². The van der Waals surface area contributed by atoms with E-state index in [1.807, 2.05) is 0 Å². The van der Waals surface area contributed by atoms with E-state index in [-0.39, 0.29) is 5.69 Å². The Balaban J connectivity index is 2.92. The Morgan fingerprint density at radius 1 is 1.50 bits per heavy atom. The number of hydrogen-bond donors (Lipinski definition) is 1. The second-order valence-corrected chi connectivity index (χ2v) is 3.58. The number of methoxy groups -OCH3 is 1. The number of halogens is 2. The fraction of sp³-hybridized carbons (Fsp3) is 0.545. The summed E-state index contributed by atoms with van der Waals surface area (Å²) in [5.41, 5.74) is -0.307. The Hall–Kier alpha value is -1.07. The average molecular weight is 231 g/mol. The molecule has 0 radical (unpaired) electrons. The smallest absolute Gasteiger partial charge is 0.294 e. The molecule has 1 heterocycles. The summed E-state index contributed by atoms with van der Waals surface area (Å²) in [5.74, 6) is -4.26. The van der Waals surface area contributed by atoms with Crippen molar-refractivity contribution in [2.75, 3.05) is 13.7 Å². The van der Waals surface area contributed by atoms with Crippen LogP contribution in [-0.2, 0) is 10.7 Å². The van der Waals surface area contributed by atoms with E-state index in [1.165, 1.54) is 32.4 Å². The number of pyridine rings is 1. The molecule has 0 aliphatic carbocycles. The molecular formula is C11H15F2NO2. The summed E-state index contributed by atoms with van der Waals surface area (Å²) in [6, 6.07) is 4.34. The van der Waals surface area contributed by atoms with Crippen LogP contribution >= 0.6 is 0 Å². The zero-order valence-electron chi connectivity index (χ0n) is 9.23. The summed E-state index contributed by atoms with van der Waals surface area (Å²) in [5, 5.41) is 8.93. The highest BCUT2D eigenvalue weighted by Crippen LogP contribution is 2.36. The molecule has 0 aromatic carbocycles. The minimum absolute atomic E-state index is 0.307. The highest BCUT2D eigenvalue weighted by atomic mass is 19.3. The SMILES string of the molecule is CO[C@H](CO)[C@H](C)C(F)(F)c1ccccn1. The summed E-state index contributed by atoms with van der Waals surface area (Å²) in [6.07, 6.45) is 0.411. The van der Waals surface area contributed by atoms with E-state index in [2.05, 4.69) is 4.98 Å². The molecule has 0 aliphatic rings. The van der Waals surface area contributed by atoms with Gasteiger partial charge in [-0.05, 0) is 12.1 Å². The Morgan fingerprint density at radius 3 is 2.62 bits per heavy atom. The van der Waals surface area contributed by atoms with Gasteiger partial charge in [-0.25, -0.2) is 0 Å². The summed E-state index contributed by atoms with van der Waals surface area (Å²) in [4.78, 5) is 3.64. The van der Waals surface area contributed by atoms with Gasteiger partial charge in [0.15, 0.2) is 0 Å². The van der Waals surface area contributed by atoms with Gasteiger partial charge in [-0.2, -0.15) is 8.78 Å². The van der Waals surface area contributed by atoms with Crippen molar-refractivity contribution in [1.29, 1.82) is 0 Å². The third kappa shape index (κ3) is 2.54. The lowest BCUT2D eigenvalue weighted by atomic mass is 9.94. The van der Waals surface area contributed by atoms with E-state index in [4.69, 9.17) is 9.84 Å². The highest BCUT2D eigenvalue weighted by Gasteiger charge is 2.43. The Bertz CT molecular complexity index is 315. The van der Waals surface area contributed by atoms with Gasteiger partial charge >= 0.3 is 0 Å². The second kappa shape index (κ2) is 5.32. The molecule has 5 heteroatoms. The molecule has 0 spiro atoms. The van der Waals surface area contributed by atoms with E-state index in [9.17, 15) is 8.78 Å². The maximum absolute atomic E-state index is 13.9. The molecule has 0 fully saturated rings. The first-order valence-electron chi connectivity index (χ1n) is 4.97. The van der Waals surface area contributed by atoms with Crippen molar-refractivity contribution in [2.24, 2.45) is 5.92 Å². The first kappa shape index (κ1) is 13.0. The molecule has 2 atom stereocenters. The van der Waals surface area contributed by atoms with Gasteiger partial charge in [0, 0.05) is 13.3 Å². The highest BCUT2D eigenvalue weighted by molar-refractivity contribution is 5.11. The molecule has 0 aliphatic heterocycles. The average Bonchev–Trinajstić information content (AvgIpc) is 2.31. The van der Waals surface area contributed by atoms with Crippen molar-refractivity contribution in [3.05, 3.63) is 30.1 Å². The van der Waals surface area contributed by atoms with Crippen LogP contribution in [0.1, 0.15) is 12.6 Å². The molecule has 1 aromatic heterocycles. The third-order valence-corrected chi connectivity index (χ3v) is 2.62. The second-order valence-electron chi connectivity index (χ2n) is 3.58. The summed E-state index contributed by atoms with van der Waals surface area (Å²) in [7, 11) is 1.30. The van der Waals surface area contributed by atoms with Gasteiger partial charge < -0.3 is 9.84 Å². The Labute approximate surface area is 93.1 Å². The van der Waals surface area contributed by atoms with Gasteiger partial charge in [0.05, 0.1) is 18.6 Å². The van der Waals surface area contributed by atoms with Gasteiger partial charge in [0.2, 0.25) is 0 Å². The van der Waals surface area contributed by atoms with Gasteiger partial charge in [-0.3, -0.25) is 4.98 Å². The molecule has 0 amide bonds. The quantitative estimate of drug-likeness (QED) is 0.840. The van der Waals surface area contributed by atoms with E-state index < -0.39 is 24.6 Å². The van der Waals surface area contributed by atoms with Gasteiger partial charge in [0.1, 0.15) is 5.69 Å². The van der Waals surface area contributed by atoms with Crippen LogP contribution in [-0.4, -0.2) is 29.9 Å². The van der Waals surface area contributed by atoms with Crippen molar-refractivity contribution in [2.45, 2.75) is 19.0 Å². The molecule has 3 nitrogen and oxygen atoms in total. The van der Waals surface area contributed by atoms with Crippen LogP contribution in [0.4, 0.5) is 8.78 Å². The van der Waals surface area contributed by atoms with Crippen LogP contribution in [0.15, 0.2) is 24.4 Å². The number of aromatic nitrogens is 1. The standard InChI is InChI=1S/C11H15F2NO2/c1-8(9(7-15)16-2)11(12,13)10-5-3-4-6-14-10/h3-6,8-9,15H,7H2,1-2H3/t8-,9+/m0/s1. The molecule has 0 unspecified atom stereocenters. The minimum atomic E-state index is -3.12. The maximum atomic E-state index is 13.9. The largest absolute Gasteiger partial charge is 0.394 e. The number of ether oxygens (including phenoxy) is 1. The molecule has 16 heavy (non-hydrogen) atoms. The molecule has 1 aromatic rings. The van der Waals surface area contributed by atoms with Crippen LogP contribution in [0.2, 0.25) is 0 Å². The fourth-order valence-electron chi connectivity index (χ4n) is 1.46. The molecule has 1 rings (SSSR count). The maximum Gasteiger partial charge on any atom is 0.294 e. The number of hydrogen-bond acceptors (Lipinski definition) is 3. The van der Waals surface area contributed by atoms with Gasteiger partial charge in [-0.1, -0.05) is 13.0 Å². The third-order valence-electron chi connectivity index (χ3n) is 2.62. The number of nitrogens with zero attached hydrogens (tertiary/aromatic N) is 1. The molecular weight excluding hydrogens is 216 g/mol. The number of alkyl halides is 2. The van der Waals surface area contributed by atoms with Crippen LogP contribution < -0.4 is 0 Å². The summed E-state index contributed by atoms with van der Waals surface area (Å²) < 4.78 is 32.7. The Kier molecular flexibility index (Phi) is 4.32. The Morgan fingerprint density at radius 2 is 2.19 bits per heavy atom.